The summed E-state index contributed by atoms with van der Waals surface area (Å²) < 4.78 is 0. The van der Waals surface area contributed by atoms with Gasteiger partial charge in [-0.3, -0.25) is 4.79 Å². The highest BCUT2D eigenvalue weighted by atomic mass is 16.4. The third-order valence-corrected chi connectivity index (χ3v) is 3.44. The van der Waals surface area contributed by atoms with Crippen LogP contribution >= 0.6 is 0 Å². The van der Waals surface area contributed by atoms with Crippen LogP contribution in [0.4, 0.5) is 5.82 Å². The summed E-state index contributed by atoms with van der Waals surface area (Å²) in [5.74, 6) is -0.536. The number of nitrogens with zero attached hydrogens (tertiary/aromatic N) is 3. The highest BCUT2D eigenvalue weighted by Gasteiger charge is 2.32. The van der Waals surface area contributed by atoms with E-state index in [1.807, 2.05) is 12.2 Å². The molecule has 0 aliphatic heterocycles. The lowest BCUT2D eigenvalue weighted by atomic mass is 9.82. The van der Waals surface area contributed by atoms with Crippen molar-refractivity contribution in [3.63, 3.8) is 0 Å². The number of fused-ring (bicyclic) bond motifs is 1. The van der Waals surface area contributed by atoms with Gasteiger partial charge in [0, 0.05) is 5.92 Å². The van der Waals surface area contributed by atoms with E-state index in [4.69, 9.17) is 5.73 Å². The number of aliphatic carboxylic acids is 1. The van der Waals surface area contributed by atoms with Crippen LogP contribution in [0, 0.1) is 5.92 Å². The maximum absolute atomic E-state index is 11.3. The zero-order valence-electron chi connectivity index (χ0n) is 10.1. The first-order chi connectivity index (χ1) is 9.16. The number of aromatic nitrogens is 4. The summed E-state index contributed by atoms with van der Waals surface area (Å²) in [5, 5.41) is 9.27. The van der Waals surface area contributed by atoms with Gasteiger partial charge in [0.25, 0.3) is 0 Å². The van der Waals surface area contributed by atoms with Crippen LogP contribution in [0.3, 0.4) is 0 Å². The first kappa shape index (κ1) is 11.6. The second-order valence-electron chi connectivity index (χ2n) is 4.57. The molecule has 3 rings (SSSR count). The number of H-pyrrole nitrogens is 1. The smallest absolute Gasteiger partial charge is 0.307 e. The number of aromatic amines is 1. The van der Waals surface area contributed by atoms with Crippen molar-refractivity contribution in [1.82, 2.24) is 19.9 Å². The third kappa shape index (κ3) is 1.92. The Morgan fingerprint density at radius 1 is 1.37 bits per heavy atom. The van der Waals surface area contributed by atoms with Gasteiger partial charge in [-0.15, -0.1) is 0 Å². The lowest BCUT2D eigenvalue weighted by Gasteiger charge is -2.23. The van der Waals surface area contributed by atoms with Crippen LogP contribution in [0.2, 0.25) is 0 Å². The van der Waals surface area contributed by atoms with E-state index in [-0.39, 0.29) is 5.92 Å². The van der Waals surface area contributed by atoms with Gasteiger partial charge < -0.3 is 15.8 Å². The Morgan fingerprint density at radius 2 is 2.16 bits per heavy atom. The second-order valence-corrected chi connectivity index (χ2v) is 4.57. The zero-order valence-corrected chi connectivity index (χ0v) is 10.1. The SMILES string of the molecule is Nc1ncnc2nc([C@@H]3CC=CC[C@@H]3C(=O)O)[nH]c12. The fourth-order valence-electron chi connectivity index (χ4n) is 2.43. The molecule has 2 aromatic heterocycles. The van der Waals surface area contributed by atoms with Gasteiger partial charge in [0.05, 0.1) is 5.92 Å². The number of anilines is 1. The van der Waals surface area contributed by atoms with E-state index in [0.717, 1.165) is 0 Å². The fraction of sp³-hybridized carbons (Fsp3) is 0.333. The maximum Gasteiger partial charge on any atom is 0.307 e. The van der Waals surface area contributed by atoms with E-state index in [9.17, 15) is 9.90 Å². The standard InChI is InChI=1S/C12H13N5O2/c13-9-8-11(15-5-14-9)17-10(16-8)6-3-1-2-4-7(6)12(18)19/h1-2,5-7H,3-4H2,(H,18,19)(H3,13,14,15,16,17)/t6-,7+/m1/s1. The number of carboxylic acids is 1. The monoisotopic (exact) mass is 259 g/mol. The lowest BCUT2D eigenvalue weighted by Crippen LogP contribution is -2.24. The predicted octanol–water partition coefficient (Wildman–Crippen LogP) is 1.07. The van der Waals surface area contributed by atoms with Crippen LogP contribution in [-0.2, 0) is 4.79 Å². The minimum absolute atomic E-state index is 0.184. The van der Waals surface area contributed by atoms with Crippen molar-refractivity contribution < 1.29 is 9.90 Å². The Morgan fingerprint density at radius 3 is 2.89 bits per heavy atom. The molecule has 1 aliphatic carbocycles. The maximum atomic E-state index is 11.3. The van der Waals surface area contributed by atoms with Crippen molar-refractivity contribution in [2.24, 2.45) is 5.92 Å². The third-order valence-electron chi connectivity index (χ3n) is 3.44. The van der Waals surface area contributed by atoms with Crippen LogP contribution in [0.25, 0.3) is 11.2 Å². The molecule has 98 valence electrons. The van der Waals surface area contributed by atoms with Gasteiger partial charge in [-0.25, -0.2) is 15.0 Å². The summed E-state index contributed by atoms with van der Waals surface area (Å²) in [6.45, 7) is 0. The van der Waals surface area contributed by atoms with Crippen LogP contribution in [-0.4, -0.2) is 31.0 Å². The molecule has 2 atom stereocenters. The molecule has 2 aromatic rings. The number of nitrogens with two attached hydrogens (primary N) is 1. The minimum atomic E-state index is -0.811. The van der Waals surface area contributed by atoms with E-state index >= 15 is 0 Å². The summed E-state index contributed by atoms with van der Waals surface area (Å²) in [6, 6.07) is 0. The van der Waals surface area contributed by atoms with Crippen LogP contribution in [0.15, 0.2) is 18.5 Å². The molecule has 4 N–H and O–H groups in total. The number of rotatable bonds is 2. The first-order valence-electron chi connectivity index (χ1n) is 6.00. The van der Waals surface area contributed by atoms with Gasteiger partial charge in [0.1, 0.15) is 17.7 Å². The quantitative estimate of drug-likeness (QED) is 0.694. The molecule has 0 unspecified atom stereocenters. The molecule has 0 aromatic carbocycles. The predicted molar refractivity (Wildman–Crippen MR) is 68.3 cm³/mol. The average Bonchev–Trinajstić information content (AvgIpc) is 2.84. The number of allylic oxidation sites excluding steroid dienone is 2. The van der Waals surface area contributed by atoms with E-state index < -0.39 is 11.9 Å². The van der Waals surface area contributed by atoms with Crippen molar-refractivity contribution >= 4 is 23.0 Å². The number of nitrogens with one attached hydrogen (secondary N) is 1. The van der Waals surface area contributed by atoms with Crippen LogP contribution in [0.5, 0.6) is 0 Å². The largest absolute Gasteiger partial charge is 0.481 e. The van der Waals surface area contributed by atoms with E-state index in [1.165, 1.54) is 6.33 Å². The Bertz CT molecular complexity index is 663. The van der Waals surface area contributed by atoms with Crippen molar-refractivity contribution in [1.29, 1.82) is 0 Å². The number of imidazole rings is 1. The molecule has 0 radical (unpaired) electrons. The topological polar surface area (TPSA) is 118 Å². The number of hydrogen-bond acceptors (Lipinski definition) is 5. The van der Waals surface area contributed by atoms with Gasteiger partial charge in [-0.05, 0) is 12.8 Å². The normalized spacial score (nSPS) is 22.7. The molecule has 2 heterocycles. The highest BCUT2D eigenvalue weighted by molar-refractivity contribution is 5.81. The number of carboxylic acid groups (broad SMARTS) is 1. The van der Waals surface area contributed by atoms with Gasteiger partial charge in [-0.2, -0.15) is 0 Å². The summed E-state index contributed by atoms with van der Waals surface area (Å²) in [5.41, 5.74) is 6.78. The van der Waals surface area contributed by atoms with E-state index in [0.29, 0.717) is 35.6 Å². The van der Waals surface area contributed by atoms with Gasteiger partial charge in [0.15, 0.2) is 11.5 Å². The number of carbonyl (C=O) groups is 1. The van der Waals surface area contributed by atoms with Gasteiger partial charge >= 0.3 is 5.97 Å². The second kappa shape index (κ2) is 4.34. The Kier molecular flexibility index (Phi) is 2.66. The number of hydrogen-bond donors (Lipinski definition) is 3. The van der Waals surface area contributed by atoms with E-state index in [2.05, 4.69) is 19.9 Å². The highest BCUT2D eigenvalue weighted by Crippen LogP contribution is 2.34. The molecule has 19 heavy (non-hydrogen) atoms. The van der Waals surface area contributed by atoms with Gasteiger partial charge in [-0.1, -0.05) is 12.2 Å². The number of nitrogen functional groups attached to an aromatic ring is 1. The zero-order chi connectivity index (χ0) is 13.4. The molecule has 0 bridgehead atoms. The van der Waals surface area contributed by atoms with Crippen LogP contribution < -0.4 is 5.73 Å². The molecule has 0 fully saturated rings. The molecular weight excluding hydrogens is 246 g/mol. The average molecular weight is 259 g/mol. The van der Waals surface area contributed by atoms with E-state index in [1.54, 1.807) is 0 Å². The van der Waals surface area contributed by atoms with Crippen molar-refractivity contribution in [2.45, 2.75) is 18.8 Å². The summed E-state index contributed by atoms with van der Waals surface area (Å²) in [7, 11) is 0. The molecule has 1 aliphatic rings. The molecular formula is C12H13N5O2. The summed E-state index contributed by atoms with van der Waals surface area (Å²) in [6.07, 6.45) is 6.37. The lowest BCUT2D eigenvalue weighted by molar-refractivity contribution is -0.142. The molecule has 7 nitrogen and oxygen atoms in total. The Balaban J connectivity index is 2.05. The Hall–Kier alpha value is -2.44. The first-order valence-corrected chi connectivity index (χ1v) is 6.00. The van der Waals surface area contributed by atoms with Crippen molar-refractivity contribution in [3.05, 3.63) is 24.3 Å². The summed E-state index contributed by atoms with van der Waals surface area (Å²) in [4.78, 5) is 26.6. The Labute approximate surface area is 108 Å². The fourth-order valence-corrected chi connectivity index (χ4v) is 2.43. The minimum Gasteiger partial charge on any atom is -0.481 e. The molecule has 0 saturated heterocycles. The van der Waals surface area contributed by atoms with Crippen molar-refractivity contribution in [2.75, 3.05) is 5.73 Å². The van der Waals surface area contributed by atoms with Crippen LogP contribution in [0.1, 0.15) is 24.6 Å². The van der Waals surface area contributed by atoms with Gasteiger partial charge in [0.2, 0.25) is 0 Å². The molecule has 0 saturated carbocycles. The summed E-state index contributed by atoms with van der Waals surface area (Å²) >= 11 is 0. The molecule has 7 heteroatoms. The molecule has 0 amide bonds. The molecule has 0 spiro atoms. The van der Waals surface area contributed by atoms with Crippen molar-refractivity contribution in [3.8, 4) is 0 Å².